The molecule has 0 aromatic heterocycles. The number of carbonyl (C=O) groups is 2. The second-order valence-corrected chi connectivity index (χ2v) is 5.43. The number of fused-ring (bicyclic) bond motifs is 1. The molecule has 104 valence electrons. The number of phenols is 1. The number of Topliss-reactive ketones (excluding diaryl/α,β-unsaturated/α-hetero) is 2. The highest BCUT2D eigenvalue weighted by Crippen LogP contribution is 2.34. The molecule has 0 bridgehead atoms. The number of aromatic hydroxyl groups is 1. The van der Waals surface area contributed by atoms with Gasteiger partial charge in [0.1, 0.15) is 5.75 Å². The van der Waals surface area contributed by atoms with Gasteiger partial charge in [0.2, 0.25) is 0 Å². The van der Waals surface area contributed by atoms with Gasteiger partial charge in [-0.15, -0.1) is 0 Å². The van der Waals surface area contributed by atoms with Crippen LogP contribution < -0.4 is 0 Å². The normalized spacial score (nSPS) is 13.5. The lowest BCUT2D eigenvalue weighted by Crippen LogP contribution is -2.00. The number of ketones is 2. The third kappa shape index (κ3) is 2.35. The van der Waals surface area contributed by atoms with Gasteiger partial charge in [-0.25, -0.2) is 0 Å². The summed E-state index contributed by atoms with van der Waals surface area (Å²) in [5.74, 6) is -0.633. The Balaban J connectivity index is 2.09. The van der Waals surface area contributed by atoms with Crippen LogP contribution in [0.15, 0.2) is 42.0 Å². The van der Waals surface area contributed by atoms with E-state index in [2.05, 4.69) is 0 Å². The first-order valence-electron chi connectivity index (χ1n) is 6.06. The second kappa shape index (κ2) is 5.02. The highest BCUT2D eigenvalue weighted by atomic mass is 35.5. The molecular formula is C16H8Cl2O3. The predicted octanol–water partition coefficient (Wildman–Crippen LogP) is 4.16. The number of hydrogen-bond donors (Lipinski definition) is 1. The zero-order valence-electron chi connectivity index (χ0n) is 10.6. The lowest BCUT2D eigenvalue weighted by atomic mass is 10.1. The first kappa shape index (κ1) is 13.9. The molecule has 1 aliphatic carbocycles. The summed E-state index contributed by atoms with van der Waals surface area (Å²) < 4.78 is 0. The maximum Gasteiger partial charge on any atom is 0.197 e. The number of phenolic OH excluding ortho intramolecular Hbond substituents is 1. The monoisotopic (exact) mass is 318 g/mol. The molecule has 0 saturated heterocycles. The molecule has 2 aromatic rings. The lowest BCUT2D eigenvalue weighted by Gasteiger charge is -1.98. The van der Waals surface area contributed by atoms with Crippen molar-refractivity contribution in [3.63, 3.8) is 0 Å². The summed E-state index contributed by atoms with van der Waals surface area (Å²) >= 11 is 11.8. The van der Waals surface area contributed by atoms with Crippen LogP contribution in [-0.2, 0) is 0 Å². The largest absolute Gasteiger partial charge is 0.508 e. The highest BCUT2D eigenvalue weighted by molar-refractivity contribution is 6.46. The molecule has 0 unspecified atom stereocenters. The fourth-order valence-corrected chi connectivity index (χ4v) is 2.51. The zero-order chi connectivity index (χ0) is 15.1. The van der Waals surface area contributed by atoms with E-state index in [1.54, 1.807) is 12.1 Å². The number of rotatable bonds is 1. The van der Waals surface area contributed by atoms with Gasteiger partial charge in [0.25, 0.3) is 0 Å². The van der Waals surface area contributed by atoms with Gasteiger partial charge in [-0.1, -0.05) is 35.3 Å². The van der Waals surface area contributed by atoms with E-state index in [9.17, 15) is 14.7 Å². The van der Waals surface area contributed by atoms with Crippen LogP contribution >= 0.6 is 23.2 Å². The van der Waals surface area contributed by atoms with E-state index in [0.717, 1.165) is 0 Å². The molecule has 1 aliphatic rings. The zero-order valence-corrected chi connectivity index (χ0v) is 12.1. The quantitative estimate of drug-likeness (QED) is 0.634. The van der Waals surface area contributed by atoms with E-state index in [-0.39, 0.29) is 44.1 Å². The van der Waals surface area contributed by atoms with Crippen molar-refractivity contribution < 1.29 is 14.7 Å². The average Bonchev–Trinajstić information content (AvgIpc) is 2.67. The Morgan fingerprint density at radius 2 is 1.33 bits per heavy atom. The van der Waals surface area contributed by atoms with E-state index in [4.69, 9.17) is 23.2 Å². The summed E-state index contributed by atoms with van der Waals surface area (Å²) in [6.07, 6.45) is 1.49. The fraction of sp³-hybridized carbons (Fsp3) is 0. The maximum absolute atomic E-state index is 12.3. The smallest absolute Gasteiger partial charge is 0.197 e. The van der Waals surface area contributed by atoms with E-state index >= 15 is 0 Å². The van der Waals surface area contributed by atoms with Crippen LogP contribution in [0.3, 0.4) is 0 Å². The van der Waals surface area contributed by atoms with Gasteiger partial charge >= 0.3 is 0 Å². The van der Waals surface area contributed by atoms with Gasteiger partial charge in [0, 0.05) is 11.1 Å². The molecule has 0 atom stereocenters. The molecule has 3 rings (SSSR count). The van der Waals surface area contributed by atoms with Gasteiger partial charge < -0.3 is 5.11 Å². The van der Waals surface area contributed by atoms with E-state index in [1.165, 1.54) is 30.3 Å². The molecule has 0 radical (unpaired) electrons. The minimum Gasteiger partial charge on any atom is -0.508 e. The Morgan fingerprint density at radius 3 is 1.81 bits per heavy atom. The predicted molar refractivity (Wildman–Crippen MR) is 81.2 cm³/mol. The Hall–Kier alpha value is -2.10. The van der Waals surface area contributed by atoms with Crippen molar-refractivity contribution in [2.75, 3.05) is 0 Å². The Bertz CT molecular complexity index is 762. The van der Waals surface area contributed by atoms with Crippen LogP contribution in [0.2, 0.25) is 10.0 Å². The van der Waals surface area contributed by atoms with Gasteiger partial charge in [-0.05, 0) is 35.9 Å². The number of benzene rings is 2. The molecule has 0 saturated carbocycles. The molecule has 0 fully saturated rings. The Kier molecular flexibility index (Phi) is 3.32. The summed E-state index contributed by atoms with van der Waals surface area (Å²) in [6, 6.07) is 9.03. The van der Waals surface area contributed by atoms with Crippen LogP contribution in [0.1, 0.15) is 26.3 Å². The van der Waals surface area contributed by atoms with Crippen molar-refractivity contribution in [1.29, 1.82) is 0 Å². The molecule has 0 aliphatic heterocycles. The first-order chi connectivity index (χ1) is 9.97. The maximum atomic E-state index is 12.3. The average molecular weight is 319 g/mol. The number of carbonyl (C=O) groups excluding carboxylic acids is 2. The summed E-state index contributed by atoms with van der Waals surface area (Å²) in [7, 11) is 0. The molecule has 21 heavy (non-hydrogen) atoms. The number of hydrogen-bond acceptors (Lipinski definition) is 3. The SMILES string of the molecule is O=C1C(=Cc2ccc(O)cc2)C(=O)c2cc(Cl)c(Cl)cc21. The third-order valence-corrected chi connectivity index (χ3v) is 3.97. The third-order valence-electron chi connectivity index (χ3n) is 3.24. The van der Waals surface area contributed by atoms with Crippen LogP contribution in [-0.4, -0.2) is 16.7 Å². The van der Waals surface area contributed by atoms with Gasteiger partial charge in [-0.2, -0.15) is 0 Å². The second-order valence-electron chi connectivity index (χ2n) is 4.62. The topological polar surface area (TPSA) is 54.4 Å². The molecule has 2 aromatic carbocycles. The van der Waals surface area contributed by atoms with Crippen LogP contribution in [0, 0.1) is 0 Å². The van der Waals surface area contributed by atoms with Crippen molar-refractivity contribution in [1.82, 2.24) is 0 Å². The van der Waals surface area contributed by atoms with Crippen LogP contribution in [0.4, 0.5) is 0 Å². The molecule has 5 heteroatoms. The van der Waals surface area contributed by atoms with Crippen LogP contribution in [0.25, 0.3) is 6.08 Å². The van der Waals surface area contributed by atoms with Crippen molar-refractivity contribution in [2.24, 2.45) is 0 Å². The lowest BCUT2D eigenvalue weighted by molar-refractivity contribution is 0.0990. The Morgan fingerprint density at radius 1 is 0.857 bits per heavy atom. The van der Waals surface area contributed by atoms with Gasteiger partial charge in [-0.3, -0.25) is 9.59 Å². The minimum atomic E-state index is -0.373. The van der Waals surface area contributed by atoms with Crippen LogP contribution in [0.5, 0.6) is 5.75 Å². The first-order valence-corrected chi connectivity index (χ1v) is 6.82. The van der Waals surface area contributed by atoms with Crippen molar-refractivity contribution in [3.05, 3.63) is 68.7 Å². The van der Waals surface area contributed by atoms with E-state index < -0.39 is 0 Å². The fourth-order valence-electron chi connectivity index (χ4n) is 2.18. The molecule has 0 heterocycles. The summed E-state index contributed by atoms with van der Waals surface area (Å²) in [4.78, 5) is 24.6. The van der Waals surface area contributed by atoms with Crippen molar-refractivity contribution >= 4 is 40.8 Å². The molecule has 1 N–H and O–H groups in total. The molecule has 0 amide bonds. The standard InChI is InChI=1S/C16H8Cl2O3/c17-13-6-10-11(7-14(13)18)16(21)12(15(10)20)5-8-1-3-9(19)4-2-8/h1-7,19H. The molecule has 3 nitrogen and oxygen atoms in total. The Labute approximate surface area is 130 Å². The summed E-state index contributed by atoms with van der Waals surface area (Å²) in [5, 5.41) is 9.72. The van der Waals surface area contributed by atoms with Crippen molar-refractivity contribution in [2.45, 2.75) is 0 Å². The highest BCUT2D eigenvalue weighted by Gasteiger charge is 2.33. The molecule has 0 spiro atoms. The molecular weight excluding hydrogens is 311 g/mol. The van der Waals surface area contributed by atoms with Gasteiger partial charge in [0.15, 0.2) is 11.6 Å². The number of halogens is 2. The summed E-state index contributed by atoms with van der Waals surface area (Å²) in [6.45, 7) is 0. The van der Waals surface area contributed by atoms with E-state index in [1.807, 2.05) is 0 Å². The summed E-state index contributed by atoms with van der Waals surface area (Å²) in [5.41, 5.74) is 1.24. The van der Waals surface area contributed by atoms with Gasteiger partial charge in [0.05, 0.1) is 15.6 Å². The van der Waals surface area contributed by atoms with E-state index in [0.29, 0.717) is 5.56 Å². The minimum absolute atomic E-state index is 0.0639. The number of allylic oxidation sites excluding steroid dienone is 1. The van der Waals surface area contributed by atoms with Crippen molar-refractivity contribution in [3.8, 4) is 5.75 Å².